The number of nitrogens with two attached hydrogens (primary N) is 1. The maximum absolute atomic E-state index is 13.2. The van der Waals surface area contributed by atoms with Crippen LogP contribution in [0, 0.1) is 11.7 Å². The molecule has 0 aliphatic carbocycles. The van der Waals surface area contributed by atoms with Gasteiger partial charge in [0.15, 0.2) is 0 Å². The second-order valence-corrected chi connectivity index (χ2v) is 4.29. The molecule has 0 amide bonds. The van der Waals surface area contributed by atoms with E-state index in [1.807, 2.05) is 13.8 Å². The van der Waals surface area contributed by atoms with Gasteiger partial charge in [0.05, 0.1) is 19.3 Å². The molecule has 1 rings (SSSR count). The highest BCUT2D eigenvalue weighted by Crippen LogP contribution is 2.29. The molecular formula is C13H20FNO2. The average Bonchev–Trinajstić information content (AvgIpc) is 2.35. The van der Waals surface area contributed by atoms with Gasteiger partial charge in [-0.15, -0.1) is 0 Å². The van der Waals surface area contributed by atoms with Crippen molar-refractivity contribution in [2.75, 3.05) is 7.11 Å². The zero-order valence-corrected chi connectivity index (χ0v) is 10.5. The number of rotatable bonds is 5. The standard InChI is InChI=1S/C13H20FNO2/c1-4-8(2)13(16)12(15)10-7-9(14)5-6-11(10)17-3/h5-8,12-13,16H,4,15H2,1-3H3/t8?,12-,13+/m0/s1. The van der Waals surface area contributed by atoms with Gasteiger partial charge < -0.3 is 15.6 Å². The summed E-state index contributed by atoms with van der Waals surface area (Å²) in [5, 5.41) is 10.0. The second-order valence-electron chi connectivity index (χ2n) is 4.29. The maximum Gasteiger partial charge on any atom is 0.123 e. The van der Waals surface area contributed by atoms with Crippen molar-refractivity contribution in [3.8, 4) is 5.75 Å². The molecule has 0 aliphatic rings. The summed E-state index contributed by atoms with van der Waals surface area (Å²) in [5.41, 5.74) is 6.46. The topological polar surface area (TPSA) is 55.5 Å². The van der Waals surface area contributed by atoms with E-state index in [0.29, 0.717) is 11.3 Å². The van der Waals surface area contributed by atoms with Gasteiger partial charge >= 0.3 is 0 Å². The minimum absolute atomic E-state index is 0.0537. The molecule has 3 atom stereocenters. The molecule has 0 fully saturated rings. The largest absolute Gasteiger partial charge is 0.496 e. The molecule has 0 spiro atoms. The number of benzene rings is 1. The molecule has 17 heavy (non-hydrogen) atoms. The molecule has 0 aromatic heterocycles. The van der Waals surface area contributed by atoms with E-state index in [9.17, 15) is 9.50 Å². The van der Waals surface area contributed by atoms with Crippen LogP contribution in [0.2, 0.25) is 0 Å². The third-order valence-electron chi connectivity index (χ3n) is 3.15. The smallest absolute Gasteiger partial charge is 0.123 e. The molecule has 1 unspecified atom stereocenters. The van der Waals surface area contributed by atoms with Crippen molar-refractivity contribution in [3.63, 3.8) is 0 Å². The molecule has 0 heterocycles. The summed E-state index contributed by atoms with van der Waals surface area (Å²) >= 11 is 0. The minimum Gasteiger partial charge on any atom is -0.496 e. The Morgan fingerprint density at radius 1 is 1.47 bits per heavy atom. The highest BCUT2D eigenvalue weighted by atomic mass is 19.1. The van der Waals surface area contributed by atoms with Crippen molar-refractivity contribution in [1.29, 1.82) is 0 Å². The van der Waals surface area contributed by atoms with E-state index in [0.717, 1.165) is 6.42 Å². The summed E-state index contributed by atoms with van der Waals surface area (Å²) in [6, 6.07) is 3.50. The van der Waals surface area contributed by atoms with Crippen LogP contribution in [0.1, 0.15) is 31.9 Å². The predicted octanol–water partition coefficient (Wildman–Crippen LogP) is 2.24. The van der Waals surface area contributed by atoms with Gasteiger partial charge in [-0.05, 0) is 24.1 Å². The molecule has 0 saturated carbocycles. The lowest BCUT2D eigenvalue weighted by Gasteiger charge is -2.25. The summed E-state index contributed by atoms with van der Waals surface area (Å²) in [7, 11) is 1.50. The van der Waals surface area contributed by atoms with Crippen LogP contribution in [0.3, 0.4) is 0 Å². The van der Waals surface area contributed by atoms with Gasteiger partial charge in [-0.2, -0.15) is 0 Å². The van der Waals surface area contributed by atoms with Crippen LogP contribution in [0.5, 0.6) is 5.75 Å². The number of ether oxygens (including phenoxy) is 1. The van der Waals surface area contributed by atoms with Gasteiger partial charge in [0.25, 0.3) is 0 Å². The van der Waals surface area contributed by atoms with Crippen molar-refractivity contribution in [1.82, 2.24) is 0 Å². The number of aliphatic hydroxyl groups excluding tert-OH is 1. The molecular weight excluding hydrogens is 221 g/mol. The monoisotopic (exact) mass is 241 g/mol. The first-order valence-corrected chi connectivity index (χ1v) is 5.78. The Labute approximate surface area is 101 Å². The summed E-state index contributed by atoms with van der Waals surface area (Å²) in [4.78, 5) is 0. The highest BCUT2D eigenvalue weighted by molar-refractivity contribution is 5.37. The lowest BCUT2D eigenvalue weighted by molar-refractivity contribution is 0.0869. The normalized spacial score (nSPS) is 16.4. The van der Waals surface area contributed by atoms with Gasteiger partial charge in [-0.25, -0.2) is 4.39 Å². The van der Waals surface area contributed by atoms with Crippen LogP contribution < -0.4 is 10.5 Å². The predicted molar refractivity (Wildman–Crippen MR) is 65.3 cm³/mol. The molecule has 0 saturated heterocycles. The Morgan fingerprint density at radius 2 is 2.12 bits per heavy atom. The molecule has 96 valence electrons. The summed E-state index contributed by atoms with van der Waals surface area (Å²) in [6.45, 7) is 3.89. The molecule has 3 N–H and O–H groups in total. The van der Waals surface area contributed by atoms with Gasteiger partial charge in [-0.3, -0.25) is 0 Å². The Morgan fingerprint density at radius 3 is 2.65 bits per heavy atom. The first kappa shape index (κ1) is 13.9. The zero-order valence-electron chi connectivity index (χ0n) is 10.5. The maximum atomic E-state index is 13.2. The van der Waals surface area contributed by atoms with Gasteiger partial charge in [0.2, 0.25) is 0 Å². The second kappa shape index (κ2) is 5.98. The minimum atomic E-state index is -0.712. The van der Waals surface area contributed by atoms with Crippen LogP contribution >= 0.6 is 0 Å². The molecule has 0 aliphatic heterocycles. The molecule has 0 bridgehead atoms. The SMILES string of the molecule is CCC(C)[C@@H](O)[C@@H](N)c1cc(F)ccc1OC. The Balaban J connectivity index is 3.01. The van der Waals surface area contributed by atoms with E-state index in [4.69, 9.17) is 10.5 Å². The first-order valence-electron chi connectivity index (χ1n) is 5.78. The van der Waals surface area contributed by atoms with E-state index >= 15 is 0 Å². The van der Waals surface area contributed by atoms with Gasteiger partial charge in [-0.1, -0.05) is 20.3 Å². The number of halogens is 1. The van der Waals surface area contributed by atoms with Gasteiger partial charge in [0.1, 0.15) is 11.6 Å². The fourth-order valence-electron chi connectivity index (χ4n) is 1.75. The number of hydrogen-bond donors (Lipinski definition) is 2. The van der Waals surface area contributed by atoms with E-state index in [1.54, 1.807) is 0 Å². The van der Waals surface area contributed by atoms with E-state index < -0.39 is 12.1 Å². The van der Waals surface area contributed by atoms with E-state index in [2.05, 4.69) is 0 Å². The average molecular weight is 241 g/mol. The molecule has 1 aromatic carbocycles. The van der Waals surface area contributed by atoms with Crippen molar-refractivity contribution in [2.24, 2.45) is 11.7 Å². The Hall–Kier alpha value is -1.13. The fourth-order valence-corrected chi connectivity index (χ4v) is 1.75. The summed E-state index contributed by atoms with van der Waals surface area (Å²) < 4.78 is 18.3. The summed E-state index contributed by atoms with van der Waals surface area (Å²) in [6.07, 6.45) is 0.0997. The van der Waals surface area contributed by atoms with Gasteiger partial charge in [0, 0.05) is 5.56 Å². The molecule has 0 radical (unpaired) electrons. The van der Waals surface area contributed by atoms with Crippen molar-refractivity contribution < 1.29 is 14.2 Å². The third-order valence-corrected chi connectivity index (χ3v) is 3.15. The lowest BCUT2D eigenvalue weighted by atomic mass is 9.91. The van der Waals surface area contributed by atoms with Crippen molar-refractivity contribution in [2.45, 2.75) is 32.4 Å². The lowest BCUT2D eigenvalue weighted by Crippen LogP contribution is -2.31. The van der Waals surface area contributed by atoms with E-state index in [-0.39, 0.29) is 11.7 Å². The fraction of sp³-hybridized carbons (Fsp3) is 0.538. The van der Waals surface area contributed by atoms with Crippen molar-refractivity contribution >= 4 is 0 Å². The third kappa shape index (κ3) is 3.17. The van der Waals surface area contributed by atoms with Crippen LogP contribution in [0.4, 0.5) is 4.39 Å². The number of hydrogen-bond acceptors (Lipinski definition) is 3. The van der Waals surface area contributed by atoms with Crippen LogP contribution in [0.15, 0.2) is 18.2 Å². The molecule has 1 aromatic rings. The van der Waals surface area contributed by atoms with Crippen LogP contribution in [-0.4, -0.2) is 18.3 Å². The van der Waals surface area contributed by atoms with Crippen LogP contribution in [0.25, 0.3) is 0 Å². The molecule has 3 nitrogen and oxygen atoms in total. The van der Waals surface area contributed by atoms with Crippen LogP contribution in [-0.2, 0) is 0 Å². The van der Waals surface area contributed by atoms with Crippen molar-refractivity contribution in [3.05, 3.63) is 29.6 Å². The Bertz CT molecular complexity index is 370. The van der Waals surface area contributed by atoms with E-state index in [1.165, 1.54) is 25.3 Å². The highest BCUT2D eigenvalue weighted by Gasteiger charge is 2.24. The zero-order chi connectivity index (χ0) is 13.0. The number of methoxy groups -OCH3 is 1. The quantitative estimate of drug-likeness (QED) is 0.831. The first-order chi connectivity index (χ1) is 8.01. The molecule has 4 heteroatoms. The Kier molecular flexibility index (Phi) is 4.90. The number of aliphatic hydroxyl groups is 1. The summed E-state index contributed by atoms with van der Waals surface area (Å²) in [5.74, 6) is 0.173.